The number of hydrogen-bond acceptors (Lipinski definition) is 8. The molecule has 9 heteroatoms. The SMILES string of the molecule is COc1ccc(/C=c2\c(=O)oc3n2-c2oc(N)nc2C(c2ccc(OC)cc2)C=3C#N)cc1. The highest BCUT2D eigenvalue weighted by Gasteiger charge is 2.36. The van der Waals surface area contributed by atoms with Crippen LogP contribution in [0, 0.1) is 11.3 Å². The maximum Gasteiger partial charge on any atom is 0.362 e. The molecule has 1 aliphatic rings. The van der Waals surface area contributed by atoms with E-state index in [-0.39, 0.29) is 28.4 Å². The third-order valence-electron chi connectivity index (χ3n) is 5.48. The third-order valence-corrected chi connectivity index (χ3v) is 5.48. The Labute approximate surface area is 187 Å². The zero-order valence-corrected chi connectivity index (χ0v) is 17.7. The van der Waals surface area contributed by atoms with E-state index in [0.717, 1.165) is 11.1 Å². The van der Waals surface area contributed by atoms with Crippen LogP contribution in [-0.4, -0.2) is 23.8 Å². The molecule has 0 bridgehead atoms. The molecule has 2 aromatic heterocycles. The van der Waals surface area contributed by atoms with E-state index in [1.165, 1.54) is 4.57 Å². The van der Waals surface area contributed by atoms with Crippen molar-refractivity contribution in [2.75, 3.05) is 20.0 Å². The molecule has 2 aromatic carbocycles. The molecule has 0 aliphatic carbocycles. The predicted octanol–water partition coefficient (Wildman–Crippen LogP) is 1.67. The number of oxazole rings is 2. The summed E-state index contributed by atoms with van der Waals surface area (Å²) in [4.78, 5) is 17.2. The smallest absolute Gasteiger partial charge is 0.362 e. The van der Waals surface area contributed by atoms with Crippen LogP contribution in [0.25, 0.3) is 17.5 Å². The van der Waals surface area contributed by atoms with E-state index < -0.39 is 11.5 Å². The van der Waals surface area contributed by atoms with Crippen LogP contribution in [0.4, 0.5) is 6.01 Å². The van der Waals surface area contributed by atoms with Crippen LogP contribution in [0.5, 0.6) is 11.5 Å². The Balaban J connectivity index is 1.80. The number of benzene rings is 2. The standard InChI is InChI=1S/C24H18N4O5/c1-30-15-7-3-13(4-8-15)11-18-23(29)32-21-17(12-25)19(14-5-9-16(31-2)10-6-14)20-22(28(18)21)33-24(26)27-20/h3-11,19H,1-2H3,(H2,26,27)/b18-11+. The van der Waals surface area contributed by atoms with E-state index >= 15 is 0 Å². The summed E-state index contributed by atoms with van der Waals surface area (Å²) < 4.78 is 23.1. The van der Waals surface area contributed by atoms with Gasteiger partial charge in [-0.05, 0) is 41.5 Å². The summed E-state index contributed by atoms with van der Waals surface area (Å²) in [5.41, 5.74) is 7.46. The van der Waals surface area contributed by atoms with E-state index in [4.69, 9.17) is 24.0 Å². The normalized spacial score (nSPS) is 15.0. The predicted molar refractivity (Wildman–Crippen MR) is 118 cm³/mol. The molecule has 164 valence electrons. The zero-order valence-electron chi connectivity index (χ0n) is 17.7. The number of aromatic nitrogens is 2. The molecule has 33 heavy (non-hydrogen) atoms. The first kappa shape index (κ1) is 20.2. The summed E-state index contributed by atoms with van der Waals surface area (Å²) in [6.07, 6.45) is 1.64. The summed E-state index contributed by atoms with van der Waals surface area (Å²) in [5.74, 6) is 0.951. The van der Waals surface area contributed by atoms with Gasteiger partial charge in [0.1, 0.15) is 34.2 Å². The van der Waals surface area contributed by atoms with Gasteiger partial charge in [-0.3, -0.25) is 0 Å². The van der Waals surface area contributed by atoms with Gasteiger partial charge in [-0.1, -0.05) is 24.3 Å². The highest BCUT2D eigenvalue weighted by atomic mass is 16.5. The van der Waals surface area contributed by atoms with E-state index in [2.05, 4.69) is 11.1 Å². The lowest BCUT2D eigenvalue weighted by molar-refractivity contribution is 0.414. The second-order valence-electron chi connectivity index (χ2n) is 7.31. The third kappa shape index (κ3) is 3.25. The molecule has 0 saturated heterocycles. The van der Waals surface area contributed by atoms with Crippen molar-refractivity contribution >= 4 is 17.7 Å². The Morgan fingerprint density at radius 2 is 1.70 bits per heavy atom. The number of nitriles is 1. The molecule has 4 aromatic rings. The Morgan fingerprint density at radius 1 is 1.06 bits per heavy atom. The molecule has 0 fully saturated rings. The largest absolute Gasteiger partial charge is 0.497 e. The van der Waals surface area contributed by atoms with Gasteiger partial charge in [-0.15, -0.1) is 0 Å². The van der Waals surface area contributed by atoms with Crippen molar-refractivity contribution < 1.29 is 18.3 Å². The van der Waals surface area contributed by atoms with Crippen molar-refractivity contribution in [1.82, 2.24) is 9.55 Å². The van der Waals surface area contributed by atoms with E-state index in [0.29, 0.717) is 17.2 Å². The maximum absolute atomic E-state index is 12.9. The van der Waals surface area contributed by atoms with Crippen LogP contribution in [-0.2, 0) is 0 Å². The number of nitrogen functional groups attached to an aromatic ring is 1. The second kappa shape index (κ2) is 7.76. The number of nitrogens with zero attached hydrogens (tertiary/aromatic N) is 3. The number of rotatable bonds is 4. The van der Waals surface area contributed by atoms with Gasteiger partial charge in [-0.2, -0.15) is 10.2 Å². The highest BCUT2D eigenvalue weighted by Crippen LogP contribution is 2.38. The molecule has 1 aliphatic heterocycles. The quantitative estimate of drug-likeness (QED) is 0.505. The molecule has 9 nitrogen and oxygen atoms in total. The van der Waals surface area contributed by atoms with Gasteiger partial charge in [0.15, 0.2) is 0 Å². The fourth-order valence-electron chi connectivity index (χ4n) is 3.93. The van der Waals surface area contributed by atoms with Crippen LogP contribution in [0.3, 0.4) is 0 Å². The van der Waals surface area contributed by atoms with Crippen LogP contribution < -0.4 is 31.7 Å². The molecule has 0 radical (unpaired) electrons. The van der Waals surface area contributed by atoms with E-state index in [1.807, 2.05) is 12.1 Å². The summed E-state index contributed by atoms with van der Waals surface area (Å²) in [7, 11) is 3.15. The number of nitrogens with two attached hydrogens (primary N) is 1. The number of fused-ring (bicyclic) bond motifs is 3. The zero-order chi connectivity index (χ0) is 23.1. The summed E-state index contributed by atoms with van der Waals surface area (Å²) in [6.45, 7) is 0. The summed E-state index contributed by atoms with van der Waals surface area (Å²) in [5, 5.41) is 10.2. The first-order valence-electron chi connectivity index (χ1n) is 9.96. The Hall–Kier alpha value is -4.71. The van der Waals surface area contributed by atoms with Gasteiger partial charge in [0.2, 0.25) is 11.4 Å². The van der Waals surface area contributed by atoms with Gasteiger partial charge >= 0.3 is 5.63 Å². The molecule has 0 spiro atoms. The lowest BCUT2D eigenvalue weighted by Crippen LogP contribution is -2.35. The average Bonchev–Trinajstić information content (AvgIpc) is 3.37. The Morgan fingerprint density at radius 3 is 2.30 bits per heavy atom. The van der Waals surface area contributed by atoms with Crippen LogP contribution in [0.2, 0.25) is 0 Å². The highest BCUT2D eigenvalue weighted by molar-refractivity contribution is 5.73. The fourth-order valence-corrected chi connectivity index (χ4v) is 3.93. The molecular weight excluding hydrogens is 424 g/mol. The number of ether oxygens (including phenoxy) is 2. The van der Waals surface area contributed by atoms with Crippen molar-refractivity contribution in [3.05, 3.63) is 86.7 Å². The minimum atomic E-state index is -0.628. The minimum absolute atomic E-state index is 0.0757. The molecule has 0 saturated carbocycles. The van der Waals surface area contributed by atoms with Crippen LogP contribution >= 0.6 is 0 Å². The number of methoxy groups -OCH3 is 2. The van der Waals surface area contributed by atoms with Crippen LogP contribution in [0.1, 0.15) is 22.7 Å². The topological polar surface area (TPSA) is 129 Å². The van der Waals surface area contributed by atoms with Crippen LogP contribution in [0.15, 0.2) is 62.2 Å². The Kier molecular flexibility index (Phi) is 4.75. The molecule has 1 unspecified atom stereocenters. The summed E-state index contributed by atoms with van der Waals surface area (Å²) in [6, 6.07) is 16.4. The van der Waals surface area contributed by atoms with Crippen molar-refractivity contribution in [1.29, 1.82) is 5.26 Å². The fraction of sp³-hybridized carbons (Fsp3) is 0.125. The van der Waals surface area contributed by atoms with Gasteiger partial charge in [-0.25, -0.2) is 9.36 Å². The molecule has 2 N–H and O–H groups in total. The molecule has 0 amide bonds. The second-order valence-corrected chi connectivity index (χ2v) is 7.31. The number of hydrogen-bond donors (Lipinski definition) is 1. The molecule has 3 heterocycles. The molecule has 1 atom stereocenters. The van der Waals surface area contributed by atoms with Gasteiger partial charge < -0.3 is 24.0 Å². The molecule has 5 rings (SSSR count). The van der Waals surface area contributed by atoms with Gasteiger partial charge in [0.25, 0.3) is 6.01 Å². The minimum Gasteiger partial charge on any atom is -0.497 e. The van der Waals surface area contributed by atoms with E-state index in [1.54, 1.807) is 56.7 Å². The lowest BCUT2D eigenvalue weighted by Gasteiger charge is -2.19. The average molecular weight is 442 g/mol. The first-order chi connectivity index (χ1) is 16.0. The van der Waals surface area contributed by atoms with Crippen molar-refractivity contribution in [2.45, 2.75) is 5.92 Å². The molecular formula is C24H18N4O5. The van der Waals surface area contributed by atoms with Gasteiger partial charge in [0.05, 0.1) is 20.1 Å². The van der Waals surface area contributed by atoms with Crippen molar-refractivity contribution in [3.8, 4) is 23.5 Å². The maximum atomic E-state index is 12.9. The van der Waals surface area contributed by atoms with Crippen molar-refractivity contribution in [2.24, 2.45) is 0 Å². The monoisotopic (exact) mass is 442 g/mol. The number of anilines is 1. The Bertz CT molecular complexity index is 1570. The van der Waals surface area contributed by atoms with E-state index in [9.17, 15) is 10.1 Å². The summed E-state index contributed by atoms with van der Waals surface area (Å²) >= 11 is 0. The van der Waals surface area contributed by atoms with Crippen molar-refractivity contribution in [3.63, 3.8) is 0 Å². The lowest BCUT2D eigenvalue weighted by atomic mass is 9.87. The van der Waals surface area contributed by atoms with Gasteiger partial charge in [0, 0.05) is 0 Å². The first-order valence-corrected chi connectivity index (χ1v) is 9.96.